The monoisotopic (exact) mass is 201 g/mol. The highest BCUT2D eigenvalue weighted by Crippen LogP contribution is 2.19. The van der Waals surface area contributed by atoms with Gasteiger partial charge in [0.25, 0.3) is 0 Å². The molecule has 1 amide bonds. The van der Waals surface area contributed by atoms with Crippen molar-refractivity contribution in [2.45, 2.75) is 0 Å². The molecule has 0 saturated heterocycles. The molecule has 0 heterocycles. The van der Waals surface area contributed by atoms with Crippen molar-refractivity contribution in [2.24, 2.45) is 0 Å². The van der Waals surface area contributed by atoms with Gasteiger partial charge in [-0.2, -0.15) is 0 Å². The molecule has 0 aliphatic rings. The Hall–Kier alpha value is -1.65. The van der Waals surface area contributed by atoms with Gasteiger partial charge in [-0.05, 0) is 12.1 Å². The lowest BCUT2D eigenvalue weighted by molar-refractivity contribution is 0.180. The molecule has 0 saturated carbocycles. The Balaban J connectivity index is 3.05. The first-order valence-electron chi connectivity index (χ1n) is 3.83. The molecule has 0 unspecified atom stereocenters. The van der Waals surface area contributed by atoms with E-state index in [9.17, 15) is 13.6 Å². The Morgan fingerprint density at radius 1 is 1.43 bits per heavy atom. The standard InChI is InChI=1S/C9H9F2NO2/c1-12(9(13)14-2)8-5-6(10)3-4-7(8)11/h3-5H,1-2H3. The van der Waals surface area contributed by atoms with Crippen LogP contribution in [0.4, 0.5) is 19.3 Å². The van der Waals surface area contributed by atoms with Crippen molar-refractivity contribution in [3.63, 3.8) is 0 Å². The number of amides is 1. The number of hydrogen-bond acceptors (Lipinski definition) is 2. The molecule has 14 heavy (non-hydrogen) atoms. The van der Waals surface area contributed by atoms with Crippen molar-refractivity contribution >= 4 is 11.8 Å². The Morgan fingerprint density at radius 2 is 2.07 bits per heavy atom. The number of halogens is 2. The number of hydrogen-bond donors (Lipinski definition) is 0. The summed E-state index contributed by atoms with van der Waals surface area (Å²) in [4.78, 5) is 11.9. The first-order chi connectivity index (χ1) is 6.56. The van der Waals surface area contributed by atoms with Gasteiger partial charge in [0, 0.05) is 13.1 Å². The molecule has 0 atom stereocenters. The molecule has 3 nitrogen and oxygen atoms in total. The topological polar surface area (TPSA) is 29.5 Å². The maximum atomic E-state index is 13.1. The Bertz CT molecular complexity index is 355. The third-order valence-corrected chi connectivity index (χ3v) is 1.72. The van der Waals surface area contributed by atoms with Crippen LogP contribution in [0.1, 0.15) is 0 Å². The SMILES string of the molecule is COC(=O)N(C)c1cc(F)ccc1F. The summed E-state index contributed by atoms with van der Waals surface area (Å²) in [5.74, 6) is -1.29. The Kier molecular flexibility index (Phi) is 3.01. The van der Waals surface area contributed by atoms with Crippen LogP contribution >= 0.6 is 0 Å². The Labute approximate surface area is 79.9 Å². The molecular formula is C9H9F2NO2. The summed E-state index contributed by atoms with van der Waals surface area (Å²) in [6, 6.07) is 2.85. The zero-order valence-corrected chi connectivity index (χ0v) is 7.75. The summed E-state index contributed by atoms with van der Waals surface area (Å²) >= 11 is 0. The number of methoxy groups -OCH3 is 1. The molecule has 0 aliphatic carbocycles. The number of carbonyl (C=O) groups is 1. The van der Waals surface area contributed by atoms with E-state index in [4.69, 9.17) is 0 Å². The van der Waals surface area contributed by atoms with E-state index in [1.165, 1.54) is 7.05 Å². The number of rotatable bonds is 1. The van der Waals surface area contributed by atoms with Crippen molar-refractivity contribution in [3.8, 4) is 0 Å². The highest BCUT2D eigenvalue weighted by Gasteiger charge is 2.15. The van der Waals surface area contributed by atoms with Crippen molar-refractivity contribution in [1.82, 2.24) is 0 Å². The molecule has 0 radical (unpaired) electrons. The van der Waals surface area contributed by atoms with Crippen molar-refractivity contribution in [1.29, 1.82) is 0 Å². The molecule has 0 bridgehead atoms. The Morgan fingerprint density at radius 3 is 2.64 bits per heavy atom. The number of anilines is 1. The van der Waals surface area contributed by atoms with E-state index >= 15 is 0 Å². The number of nitrogens with zero attached hydrogens (tertiary/aromatic N) is 1. The summed E-state index contributed by atoms with van der Waals surface area (Å²) in [6.45, 7) is 0. The quantitative estimate of drug-likeness (QED) is 0.696. The maximum absolute atomic E-state index is 13.1. The highest BCUT2D eigenvalue weighted by atomic mass is 19.1. The molecule has 0 N–H and O–H groups in total. The van der Waals surface area contributed by atoms with E-state index in [0.717, 1.165) is 30.2 Å². The minimum absolute atomic E-state index is 0.156. The van der Waals surface area contributed by atoms with Crippen LogP contribution in [-0.4, -0.2) is 20.3 Å². The van der Waals surface area contributed by atoms with Gasteiger partial charge >= 0.3 is 6.09 Å². The van der Waals surface area contributed by atoms with Crippen molar-refractivity contribution in [3.05, 3.63) is 29.8 Å². The van der Waals surface area contributed by atoms with Crippen LogP contribution in [0.25, 0.3) is 0 Å². The molecule has 1 aromatic carbocycles. The summed E-state index contributed by atoms with van der Waals surface area (Å²) in [5, 5.41) is 0. The van der Waals surface area contributed by atoms with Gasteiger partial charge < -0.3 is 4.74 Å². The minimum atomic E-state index is -0.755. The van der Waals surface area contributed by atoms with Crippen LogP contribution < -0.4 is 4.90 Å². The largest absolute Gasteiger partial charge is 0.452 e. The molecule has 0 spiro atoms. The van der Waals surface area contributed by atoms with Crippen molar-refractivity contribution < 1.29 is 18.3 Å². The van der Waals surface area contributed by atoms with Crippen LogP contribution in [0.2, 0.25) is 0 Å². The zero-order valence-electron chi connectivity index (χ0n) is 7.75. The number of ether oxygens (including phenoxy) is 1. The molecular weight excluding hydrogens is 192 g/mol. The maximum Gasteiger partial charge on any atom is 0.413 e. The summed E-state index contributed by atoms with van der Waals surface area (Å²) in [5.41, 5.74) is -0.156. The van der Waals surface area contributed by atoms with Crippen LogP contribution in [-0.2, 0) is 4.74 Å². The molecule has 5 heteroatoms. The van der Waals surface area contributed by atoms with Crippen LogP contribution in [0.5, 0.6) is 0 Å². The van der Waals surface area contributed by atoms with E-state index in [1.807, 2.05) is 0 Å². The van der Waals surface area contributed by atoms with Gasteiger partial charge in [0.2, 0.25) is 0 Å². The molecule has 76 valence electrons. The molecule has 0 aliphatic heterocycles. The van der Waals surface area contributed by atoms with Gasteiger partial charge in [0.1, 0.15) is 11.6 Å². The average molecular weight is 201 g/mol. The first-order valence-corrected chi connectivity index (χ1v) is 3.83. The van der Waals surface area contributed by atoms with Crippen LogP contribution in [0.15, 0.2) is 18.2 Å². The third-order valence-electron chi connectivity index (χ3n) is 1.72. The molecule has 1 aromatic rings. The van der Waals surface area contributed by atoms with Crippen LogP contribution in [0.3, 0.4) is 0 Å². The minimum Gasteiger partial charge on any atom is -0.452 e. The van der Waals surface area contributed by atoms with Gasteiger partial charge in [-0.3, -0.25) is 4.90 Å². The first kappa shape index (κ1) is 10.4. The second-order valence-corrected chi connectivity index (χ2v) is 2.62. The van der Waals surface area contributed by atoms with E-state index < -0.39 is 17.7 Å². The second-order valence-electron chi connectivity index (χ2n) is 2.62. The van der Waals surface area contributed by atoms with Crippen LogP contribution in [0, 0.1) is 11.6 Å². The fraction of sp³-hybridized carbons (Fsp3) is 0.222. The van der Waals surface area contributed by atoms with E-state index in [2.05, 4.69) is 4.74 Å². The third kappa shape index (κ3) is 1.99. The summed E-state index contributed by atoms with van der Waals surface area (Å²) in [7, 11) is 2.46. The fourth-order valence-electron chi connectivity index (χ4n) is 0.978. The zero-order chi connectivity index (χ0) is 10.7. The summed E-state index contributed by atoms with van der Waals surface area (Å²) in [6.07, 6.45) is -0.755. The summed E-state index contributed by atoms with van der Waals surface area (Å²) < 4.78 is 30.2. The van der Waals surface area contributed by atoms with E-state index in [1.54, 1.807) is 0 Å². The normalized spacial score (nSPS) is 9.71. The molecule has 0 aromatic heterocycles. The lowest BCUT2D eigenvalue weighted by Crippen LogP contribution is -2.26. The fourth-order valence-corrected chi connectivity index (χ4v) is 0.978. The predicted molar refractivity (Wildman–Crippen MR) is 47.2 cm³/mol. The predicted octanol–water partition coefficient (Wildman–Crippen LogP) is 2.17. The van der Waals surface area contributed by atoms with Gasteiger partial charge in [-0.1, -0.05) is 0 Å². The van der Waals surface area contributed by atoms with E-state index in [-0.39, 0.29) is 5.69 Å². The van der Waals surface area contributed by atoms with Gasteiger partial charge in [0.05, 0.1) is 12.8 Å². The van der Waals surface area contributed by atoms with Gasteiger partial charge in [-0.25, -0.2) is 13.6 Å². The lowest BCUT2D eigenvalue weighted by atomic mass is 10.3. The molecule has 1 rings (SSSR count). The van der Waals surface area contributed by atoms with Gasteiger partial charge in [0.15, 0.2) is 0 Å². The van der Waals surface area contributed by atoms with Gasteiger partial charge in [-0.15, -0.1) is 0 Å². The second kappa shape index (κ2) is 4.04. The number of benzene rings is 1. The molecule has 0 fully saturated rings. The highest BCUT2D eigenvalue weighted by molar-refractivity contribution is 5.86. The number of carbonyl (C=O) groups excluding carboxylic acids is 1. The van der Waals surface area contributed by atoms with Crippen molar-refractivity contribution in [2.75, 3.05) is 19.1 Å². The average Bonchev–Trinajstić information content (AvgIpc) is 2.19. The lowest BCUT2D eigenvalue weighted by Gasteiger charge is -2.15. The van der Waals surface area contributed by atoms with E-state index in [0.29, 0.717) is 0 Å². The smallest absolute Gasteiger partial charge is 0.413 e.